The van der Waals surface area contributed by atoms with Gasteiger partial charge in [-0.3, -0.25) is 0 Å². The molecule has 0 aliphatic heterocycles. The second kappa shape index (κ2) is 6.24. The van der Waals surface area contributed by atoms with E-state index in [-0.39, 0.29) is 0 Å². The maximum absolute atomic E-state index is 9.70. The number of hydrogen-bond acceptors (Lipinski definition) is 3. The normalized spacial score (nSPS) is 12.2. The third-order valence-electron chi connectivity index (χ3n) is 2.77. The molecule has 0 saturated carbocycles. The Hall–Kier alpha value is -1.29. The fourth-order valence-electron chi connectivity index (χ4n) is 1.79. The van der Waals surface area contributed by atoms with Gasteiger partial charge in [0.25, 0.3) is 0 Å². The van der Waals surface area contributed by atoms with Crippen LogP contribution >= 0.6 is 23.2 Å². The molecule has 100 valence electrons. The highest BCUT2D eigenvalue weighted by atomic mass is 35.5. The smallest absolute Gasteiger partial charge is 0.135 e. The Morgan fingerprint density at radius 2 is 1.95 bits per heavy atom. The van der Waals surface area contributed by atoms with Gasteiger partial charge in [-0.25, -0.2) is 4.98 Å². The Kier molecular flexibility index (Phi) is 4.64. The predicted octanol–water partition coefficient (Wildman–Crippen LogP) is 4.05. The molecule has 19 heavy (non-hydrogen) atoms. The first-order chi connectivity index (χ1) is 9.08. The summed E-state index contributed by atoms with van der Waals surface area (Å²) >= 11 is 11.8. The monoisotopic (exact) mass is 296 g/mol. The SMILES string of the molecule is C[C@@H](O)c1ccccc1NCc1ccc(Cl)nc1Cl. The lowest BCUT2D eigenvalue weighted by Gasteiger charge is -2.14. The van der Waals surface area contributed by atoms with Gasteiger partial charge >= 0.3 is 0 Å². The fourth-order valence-corrected chi connectivity index (χ4v) is 2.20. The Morgan fingerprint density at radius 3 is 2.63 bits per heavy atom. The summed E-state index contributed by atoms with van der Waals surface area (Å²) in [5.41, 5.74) is 2.58. The molecule has 0 fully saturated rings. The minimum atomic E-state index is -0.525. The summed E-state index contributed by atoms with van der Waals surface area (Å²) in [6, 6.07) is 11.1. The third-order valence-corrected chi connectivity index (χ3v) is 3.31. The molecular weight excluding hydrogens is 283 g/mol. The molecule has 0 bridgehead atoms. The molecule has 0 aliphatic carbocycles. The van der Waals surface area contributed by atoms with E-state index in [1.165, 1.54) is 0 Å². The number of aliphatic hydroxyl groups excluding tert-OH is 1. The molecule has 1 heterocycles. The maximum atomic E-state index is 9.70. The second-order valence-electron chi connectivity index (χ2n) is 4.20. The number of pyridine rings is 1. The highest BCUT2D eigenvalue weighted by Gasteiger charge is 2.08. The molecule has 3 nitrogen and oxygen atoms in total. The number of anilines is 1. The van der Waals surface area contributed by atoms with Crippen molar-refractivity contribution in [1.82, 2.24) is 4.98 Å². The highest BCUT2D eigenvalue weighted by molar-refractivity contribution is 6.32. The fraction of sp³-hybridized carbons (Fsp3) is 0.214. The molecular formula is C14H14Cl2N2O. The molecule has 2 aromatic rings. The number of halogens is 2. The number of rotatable bonds is 4. The zero-order chi connectivity index (χ0) is 13.8. The number of benzene rings is 1. The van der Waals surface area contributed by atoms with Crippen LogP contribution in [-0.4, -0.2) is 10.1 Å². The van der Waals surface area contributed by atoms with Crippen LogP contribution in [-0.2, 0) is 6.54 Å². The van der Waals surface area contributed by atoms with E-state index in [0.717, 1.165) is 16.8 Å². The van der Waals surface area contributed by atoms with E-state index in [1.54, 1.807) is 13.0 Å². The molecule has 1 atom stereocenters. The molecule has 1 aromatic carbocycles. The molecule has 0 spiro atoms. The number of para-hydroxylation sites is 1. The van der Waals surface area contributed by atoms with Crippen LogP contribution in [0.2, 0.25) is 10.3 Å². The highest BCUT2D eigenvalue weighted by Crippen LogP contribution is 2.24. The Bertz CT molecular complexity index is 573. The van der Waals surface area contributed by atoms with Crippen LogP contribution < -0.4 is 5.32 Å². The van der Waals surface area contributed by atoms with Gasteiger partial charge in [0.1, 0.15) is 10.3 Å². The first-order valence-electron chi connectivity index (χ1n) is 5.89. The molecule has 0 unspecified atom stereocenters. The van der Waals surface area contributed by atoms with Crippen molar-refractivity contribution in [2.75, 3.05) is 5.32 Å². The average Bonchev–Trinajstić information content (AvgIpc) is 2.38. The minimum Gasteiger partial charge on any atom is -0.389 e. The summed E-state index contributed by atoms with van der Waals surface area (Å²) in [5, 5.41) is 13.7. The van der Waals surface area contributed by atoms with E-state index < -0.39 is 6.10 Å². The number of nitrogens with zero attached hydrogens (tertiary/aromatic N) is 1. The molecule has 0 amide bonds. The van der Waals surface area contributed by atoms with E-state index in [9.17, 15) is 5.11 Å². The van der Waals surface area contributed by atoms with Crippen molar-refractivity contribution < 1.29 is 5.11 Å². The molecule has 2 N–H and O–H groups in total. The van der Waals surface area contributed by atoms with Gasteiger partial charge in [0, 0.05) is 23.4 Å². The van der Waals surface area contributed by atoms with E-state index in [0.29, 0.717) is 16.9 Å². The van der Waals surface area contributed by atoms with Crippen molar-refractivity contribution >= 4 is 28.9 Å². The first kappa shape index (κ1) is 14.1. The van der Waals surface area contributed by atoms with Gasteiger partial charge in [-0.15, -0.1) is 0 Å². The van der Waals surface area contributed by atoms with Crippen LogP contribution in [0.4, 0.5) is 5.69 Å². The summed E-state index contributed by atoms with van der Waals surface area (Å²) < 4.78 is 0. The number of nitrogens with one attached hydrogen (secondary N) is 1. The van der Waals surface area contributed by atoms with E-state index in [2.05, 4.69) is 10.3 Å². The van der Waals surface area contributed by atoms with Crippen molar-refractivity contribution in [3.63, 3.8) is 0 Å². The predicted molar refractivity (Wildman–Crippen MR) is 78.7 cm³/mol. The third kappa shape index (κ3) is 3.60. The van der Waals surface area contributed by atoms with Gasteiger partial charge in [-0.1, -0.05) is 47.5 Å². The van der Waals surface area contributed by atoms with Crippen molar-refractivity contribution in [3.05, 3.63) is 57.8 Å². The average molecular weight is 297 g/mol. The van der Waals surface area contributed by atoms with E-state index in [1.807, 2.05) is 30.3 Å². The van der Waals surface area contributed by atoms with Gasteiger partial charge in [-0.05, 0) is 19.1 Å². The number of hydrogen-bond donors (Lipinski definition) is 2. The van der Waals surface area contributed by atoms with Crippen LogP contribution in [0.15, 0.2) is 36.4 Å². The van der Waals surface area contributed by atoms with Gasteiger partial charge in [0.05, 0.1) is 6.10 Å². The molecule has 0 radical (unpaired) electrons. The van der Waals surface area contributed by atoms with Crippen molar-refractivity contribution in [3.8, 4) is 0 Å². The summed E-state index contributed by atoms with van der Waals surface area (Å²) in [6.45, 7) is 2.25. The maximum Gasteiger partial charge on any atom is 0.135 e. The lowest BCUT2D eigenvalue weighted by Crippen LogP contribution is -2.05. The number of aromatic nitrogens is 1. The van der Waals surface area contributed by atoms with Crippen LogP contribution in [0.5, 0.6) is 0 Å². The van der Waals surface area contributed by atoms with Crippen molar-refractivity contribution in [1.29, 1.82) is 0 Å². The Balaban J connectivity index is 2.14. The second-order valence-corrected chi connectivity index (χ2v) is 4.95. The quantitative estimate of drug-likeness (QED) is 0.837. The van der Waals surface area contributed by atoms with Crippen molar-refractivity contribution in [2.45, 2.75) is 19.6 Å². The Morgan fingerprint density at radius 1 is 1.21 bits per heavy atom. The molecule has 2 rings (SSSR count). The largest absolute Gasteiger partial charge is 0.389 e. The van der Waals surface area contributed by atoms with E-state index >= 15 is 0 Å². The van der Waals surface area contributed by atoms with Crippen LogP contribution in [0.3, 0.4) is 0 Å². The van der Waals surface area contributed by atoms with Gasteiger partial charge in [0.2, 0.25) is 0 Å². The van der Waals surface area contributed by atoms with E-state index in [4.69, 9.17) is 23.2 Å². The van der Waals surface area contributed by atoms with Crippen LogP contribution in [0.25, 0.3) is 0 Å². The van der Waals surface area contributed by atoms with Crippen LogP contribution in [0, 0.1) is 0 Å². The minimum absolute atomic E-state index is 0.373. The first-order valence-corrected chi connectivity index (χ1v) is 6.65. The lowest BCUT2D eigenvalue weighted by atomic mass is 10.1. The molecule has 0 aliphatic rings. The van der Waals surface area contributed by atoms with Gasteiger partial charge in [0.15, 0.2) is 0 Å². The summed E-state index contributed by atoms with van der Waals surface area (Å²) in [7, 11) is 0. The zero-order valence-electron chi connectivity index (χ0n) is 10.4. The number of aliphatic hydroxyl groups is 1. The van der Waals surface area contributed by atoms with Gasteiger partial charge < -0.3 is 10.4 Å². The zero-order valence-corrected chi connectivity index (χ0v) is 11.9. The molecule has 1 aromatic heterocycles. The molecule has 5 heteroatoms. The summed E-state index contributed by atoms with van der Waals surface area (Å²) in [6.07, 6.45) is -0.525. The Labute approximate surface area is 122 Å². The standard InChI is InChI=1S/C14H14Cl2N2O/c1-9(19)11-4-2-3-5-12(11)17-8-10-6-7-13(15)18-14(10)16/h2-7,9,17,19H,8H2,1H3/t9-/m1/s1. The van der Waals surface area contributed by atoms with Crippen LogP contribution in [0.1, 0.15) is 24.2 Å². The van der Waals surface area contributed by atoms with Gasteiger partial charge in [-0.2, -0.15) is 0 Å². The summed E-state index contributed by atoms with van der Waals surface area (Å²) in [4.78, 5) is 3.98. The van der Waals surface area contributed by atoms with Crippen molar-refractivity contribution in [2.24, 2.45) is 0 Å². The molecule has 0 saturated heterocycles. The lowest BCUT2D eigenvalue weighted by molar-refractivity contribution is 0.200. The topological polar surface area (TPSA) is 45.1 Å². The summed E-state index contributed by atoms with van der Waals surface area (Å²) in [5.74, 6) is 0.